The van der Waals surface area contributed by atoms with E-state index in [0.29, 0.717) is 17.9 Å². The zero-order valence-corrected chi connectivity index (χ0v) is 9.54. The van der Waals surface area contributed by atoms with Crippen LogP contribution in [0.5, 0.6) is 0 Å². The van der Waals surface area contributed by atoms with Crippen molar-refractivity contribution in [3.05, 3.63) is 30.3 Å². The summed E-state index contributed by atoms with van der Waals surface area (Å²) in [5.41, 5.74) is 5.34. The van der Waals surface area contributed by atoms with Crippen molar-refractivity contribution < 1.29 is 8.42 Å². The predicted octanol–water partition coefficient (Wildman–Crippen LogP) is 1.59. The molecule has 1 aromatic carbocycles. The van der Waals surface area contributed by atoms with E-state index in [2.05, 4.69) is 0 Å². The van der Waals surface area contributed by atoms with E-state index in [1.165, 1.54) is 0 Å². The molecule has 2 N–H and O–H groups in total. The topological polar surface area (TPSA) is 60.2 Å². The monoisotopic (exact) mass is 227 g/mol. The molecular weight excluding hydrogens is 210 g/mol. The predicted molar refractivity (Wildman–Crippen MR) is 61.4 cm³/mol. The highest BCUT2D eigenvalue weighted by Crippen LogP contribution is 2.12. The number of unbranched alkanes of at least 4 members (excludes halogenated alkanes) is 2. The molecule has 1 rings (SSSR count). The summed E-state index contributed by atoms with van der Waals surface area (Å²) in [7, 11) is -3.08. The Morgan fingerprint density at radius 2 is 1.67 bits per heavy atom. The fourth-order valence-electron chi connectivity index (χ4n) is 1.36. The molecule has 0 aliphatic rings. The second-order valence-electron chi connectivity index (χ2n) is 3.48. The Morgan fingerprint density at radius 1 is 1.00 bits per heavy atom. The molecule has 0 saturated carbocycles. The van der Waals surface area contributed by atoms with Crippen LogP contribution in [0.25, 0.3) is 0 Å². The fraction of sp³-hybridized carbons (Fsp3) is 0.455. The summed E-state index contributed by atoms with van der Waals surface area (Å²) in [6.45, 7) is 0.630. The van der Waals surface area contributed by atoms with Gasteiger partial charge >= 0.3 is 0 Å². The third-order valence-electron chi connectivity index (χ3n) is 2.22. The van der Waals surface area contributed by atoms with Gasteiger partial charge in [0, 0.05) is 0 Å². The van der Waals surface area contributed by atoms with Gasteiger partial charge in [0.15, 0.2) is 9.84 Å². The van der Waals surface area contributed by atoms with Crippen LogP contribution in [0, 0.1) is 0 Å². The lowest BCUT2D eigenvalue weighted by Crippen LogP contribution is -2.07. The molecule has 3 nitrogen and oxygen atoms in total. The van der Waals surface area contributed by atoms with Gasteiger partial charge in [-0.2, -0.15) is 0 Å². The van der Waals surface area contributed by atoms with Gasteiger partial charge in [-0.3, -0.25) is 0 Å². The molecule has 0 heterocycles. The lowest BCUT2D eigenvalue weighted by Gasteiger charge is -2.03. The third kappa shape index (κ3) is 4.01. The summed E-state index contributed by atoms with van der Waals surface area (Å²) in [4.78, 5) is 0.415. The number of nitrogens with two attached hydrogens (primary N) is 1. The van der Waals surface area contributed by atoms with Gasteiger partial charge in [0.05, 0.1) is 10.6 Å². The van der Waals surface area contributed by atoms with Crippen LogP contribution >= 0.6 is 0 Å². The van der Waals surface area contributed by atoms with Gasteiger partial charge in [-0.05, 0) is 31.5 Å². The van der Waals surface area contributed by atoms with E-state index in [4.69, 9.17) is 5.73 Å². The highest BCUT2D eigenvalue weighted by Gasteiger charge is 2.12. The number of sulfone groups is 1. The first kappa shape index (κ1) is 12.2. The van der Waals surface area contributed by atoms with Crippen molar-refractivity contribution in [2.45, 2.75) is 24.2 Å². The minimum atomic E-state index is -3.08. The molecular formula is C11H17NO2S. The molecule has 0 aliphatic heterocycles. The largest absolute Gasteiger partial charge is 0.330 e. The van der Waals surface area contributed by atoms with Crippen LogP contribution in [0.4, 0.5) is 0 Å². The standard InChI is InChI=1S/C11H17NO2S/c12-9-5-2-6-10-15(13,14)11-7-3-1-4-8-11/h1,3-4,7-8H,2,5-6,9-10,12H2. The van der Waals surface area contributed by atoms with Crippen LogP contribution < -0.4 is 5.73 Å². The van der Waals surface area contributed by atoms with E-state index < -0.39 is 9.84 Å². The average molecular weight is 227 g/mol. The van der Waals surface area contributed by atoms with Crippen LogP contribution in [0.15, 0.2) is 35.2 Å². The van der Waals surface area contributed by atoms with Crippen molar-refractivity contribution in [1.82, 2.24) is 0 Å². The molecule has 0 aromatic heterocycles. The Kier molecular flexibility index (Phi) is 4.78. The molecule has 0 saturated heterocycles. The Bertz CT molecular complexity index is 373. The molecule has 4 heteroatoms. The molecule has 0 spiro atoms. The summed E-state index contributed by atoms with van der Waals surface area (Å²) in [5.74, 6) is 0.219. The minimum absolute atomic E-state index is 0.219. The van der Waals surface area contributed by atoms with Crippen LogP contribution in [0.1, 0.15) is 19.3 Å². The van der Waals surface area contributed by atoms with Crippen LogP contribution in [0.2, 0.25) is 0 Å². The third-order valence-corrected chi connectivity index (χ3v) is 4.04. The Labute approximate surface area is 91.2 Å². The highest BCUT2D eigenvalue weighted by atomic mass is 32.2. The van der Waals surface area contributed by atoms with Crippen molar-refractivity contribution in [3.63, 3.8) is 0 Å². The number of benzene rings is 1. The Hall–Kier alpha value is -0.870. The van der Waals surface area contributed by atoms with E-state index in [0.717, 1.165) is 12.8 Å². The van der Waals surface area contributed by atoms with Gasteiger partial charge in [-0.1, -0.05) is 24.6 Å². The van der Waals surface area contributed by atoms with Crippen LogP contribution in [-0.2, 0) is 9.84 Å². The maximum Gasteiger partial charge on any atom is 0.178 e. The summed E-state index contributed by atoms with van der Waals surface area (Å²) in [5, 5.41) is 0. The zero-order valence-electron chi connectivity index (χ0n) is 8.72. The molecule has 84 valence electrons. The molecule has 0 amide bonds. The van der Waals surface area contributed by atoms with Crippen molar-refractivity contribution in [2.24, 2.45) is 5.73 Å². The molecule has 0 aliphatic carbocycles. The second-order valence-corrected chi connectivity index (χ2v) is 5.59. The zero-order chi connectivity index (χ0) is 11.1. The van der Waals surface area contributed by atoms with Crippen LogP contribution in [-0.4, -0.2) is 20.7 Å². The summed E-state index contributed by atoms with van der Waals surface area (Å²) in [6.07, 6.45) is 2.46. The Balaban J connectivity index is 2.53. The van der Waals surface area contributed by atoms with Gasteiger partial charge in [-0.25, -0.2) is 8.42 Å². The molecule has 0 atom stereocenters. The Morgan fingerprint density at radius 3 is 2.27 bits per heavy atom. The number of rotatable bonds is 6. The SMILES string of the molecule is NCCCCCS(=O)(=O)c1ccccc1. The van der Waals surface area contributed by atoms with Gasteiger partial charge in [0.1, 0.15) is 0 Å². The summed E-state index contributed by atoms with van der Waals surface area (Å²) in [6, 6.07) is 8.57. The van der Waals surface area contributed by atoms with Crippen molar-refractivity contribution in [1.29, 1.82) is 0 Å². The number of hydrogen-bond donors (Lipinski definition) is 1. The first-order chi connectivity index (χ1) is 7.17. The molecule has 1 aromatic rings. The van der Waals surface area contributed by atoms with Crippen molar-refractivity contribution in [3.8, 4) is 0 Å². The van der Waals surface area contributed by atoms with Crippen LogP contribution in [0.3, 0.4) is 0 Å². The summed E-state index contributed by atoms with van der Waals surface area (Å²) < 4.78 is 23.5. The number of hydrogen-bond acceptors (Lipinski definition) is 3. The lowest BCUT2D eigenvalue weighted by atomic mass is 10.2. The normalized spacial score (nSPS) is 11.5. The fourth-order valence-corrected chi connectivity index (χ4v) is 2.75. The molecule has 15 heavy (non-hydrogen) atoms. The lowest BCUT2D eigenvalue weighted by molar-refractivity contribution is 0.590. The van der Waals surface area contributed by atoms with Gasteiger partial charge in [-0.15, -0.1) is 0 Å². The maximum absolute atomic E-state index is 11.8. The van der Waals surface area contributed by atoms with Gasteiger partial charge in [0.2, 0.25) is 0 Å². The quantitative estimate of drug-likeness (QED) is 0.751. The molecule has 0 radical (unpaired) electrons. The van der Waals surface area contributed by atoms with Gasteiger partial charge < -0.3 is 5.73 Å². The summed E-state index contributed by atoms with van der Waals surface area (Å²) >= 11 is 0. The van der Waals surface area contributed by atoms with Gasteiger partial charge in [0.25, 0.3) is 0 Å². The van der Waals surface area contributed by atoms with E-state index >= 15 is 0 Å². The second kappa shape index (κ2) is 5.88. The maximum atomic E-state index is 11.8. The van der Waals surface area contributed by atoms with E-state index in [1.54, 1.807) is 24.3 Å². The van der Waals surface area contributed by atoms with E-state index in [1.807, 2.05) is 6.07 Å². The van der Waals surface area contributed by atoms with E-state index in [9.17, 15) is 8.42 Å². The first-order valence-corrected chi connectivity index (χ1v) is 6.80. The molecule has 0 fully saturated rings. The highest BCUT2D eigenvalue weighted by molar-refractivity contribution is 7.91. The average Bonchev–Trinajstić information content (AvgIpc) is 2.26. The van der Waals surface area contributed by atoms with E-state index in [-0.39, 0.29) is 5.75 Å². The first-order valence-electron chi connectivity index (χ1n) is 5.15. The smallest absolute Gasteiger partial charge is 0.178 e. The minimum Gasteiger partial charge on any atom is -0.330 e. The van der Waals surface area contributed by atoms with Crippen molar-refractivity contribution >= 4 is 9.84 Å². The molecule has 0 unspecified atom stereocenters. The molecule has 0 bridgehead atoms. The van der Waals surface area contributed by atoms with Crippen molar-refractivity contribution in [2.75, 3.05) is 12.3 Å².